The third-order valence-corrected chi connectivity index (χ3v) is 3.50. The molecule has 0 aromatic carbocycles. The molecule has 1 atom stereocenters. The first-order valence-electron chi connectivity index (χ1n) is 6.69. The van der Waals surface area contributed by atoms with Gasteiger partial charge in [-0.3, -0.25) is 4.98 Å². The van der Waals surface area contributed by atoms with Crippen LogP contribution >= 0.6 is 0 Å². The number of allylic oxidation sites excluding steroid dienone is 2. The molecule has 2 heterocycles. The monoisotopic (exact) mass is 342 g/mol. The van der Waals surface area contributed by atoms with Crippen LogP contribution in [0.15, 0.2) is 47.1 Å². The summed E-state index contributed by atoms with van der Waals surface area (Å²) in [5.74, 6) is -4.17. The van der Waals surface area contributed by atoms with E-state index in [1.54, 1.807) is 0 Å². The number of aromatic nitrogens is 1. The Labute approximate surface area is 134 Å². The highest BCUT2D eigenvalue weighted by Crippen LogP contribution is 2.42. The van der Waals surface area contributed by atoms with Crippen LogP contribution in [-0.4, -0.2) is 35.3 Å². The molecule has 0 aliphatic carbocycles. The van der Waals surface area contributed by atoms with Crippen molar-refractivity contribution in [1.82, 2.24) is 10.3 Å². The van der Waals surface area contributed by atoms with Gasteiger partial charge >= 0.3 is 18.1 Å². The Kier molecular flexibility index (Phi) is 4.63. The van der Waals surface area contributed by atoms with Crippen molar-refractivity contribution in [2.45, 2.75) is 19.0 Å². The number of carbonyl (C=O) groups excluding carboxylic acids is 1. The Morgan fingerprint density at radius 3 is 2.46 bits per heavy atom. The molecular weight excluding hydrogens is 329 g/mol. The number of nitrogens with zero attached hydrogens (tertiary/aromatic N) is 1. The lowest BCUT2D eigenvalue weighted by atomic mass is 9.80. The zero-order chi connectivity index (χ0) is 18.1. The van der Waals surface area contributed by atoms with Crippen LogP contribution < -0.4 is 5.32 Å². The maximum Gasteiger partial charge on any atom is 0.431 e. The van der Waals surface area contributed by atoms with Gasteiger partial charge in [0, 0.05) is 18.1 Å². The summed E-state index contributed by atoms with van der Waals surface area (Å²) < 4.78 is 44.6. The number of methoxy groups -OCH3 is 1. The average molecular weight is 342 g/mol. The highest BCUT2D eigenvalue weighted by atomic mass is 19.4. The second-order valence-corrected chi connectivity index (χ2v) is 4.97. The third kappa shape index (κ3) is 3.10. The molecule has 0 saturated heterocycles. The number of carboxylic acid groups (broad SMARTS) is 1. The molecule has 0 saturated carbocycles. The number of rotatable bonds is 3. The summed E-state index contributed by atoms with van der Waals surface area (Å²) in [6.45, 7) is 1.20. The fourth-order valence-electron chi connectivity index (χ4n) is 2.54. The van der Waals surface area contributed by atoms with Gasteiger partial charge in [0.1, 0.15) is 5.70 Å². The van der Waals surface area contributed by atoms with E-state index in [0.29, 0.717) is 0 Å². The van der Waals surface area contributed by atoms with Gasteiger partial charge in [-0.15, -0.1) is 0 Å². The van der Waals surface area contributed by atoms with Gasteiger partial charge in [0.25, 0.3) is 0 Å². The van der Waals surface area contributed by atoms with Crippen LogP contribution in [0.1, 0.15) is 18.4 Å². The van der Waals surface area contributed by atoms with Crippen LogP contribution in [-0.2, 0) is 14.3 Å². The van der Waals surface area contributed by atoms with Crippen LogP contribution in [0.3, 0.4) is 0 Å². The molecule has 9 heteroatoms. The van der Waals surface area contributed by atoms with E-state index in [4.69, 9.17) is 0 Å². The number of hydrogen-bond donors (Lipinski definition) is 2. The minimum absolute atomic E-state index is 0.137. The number of pyridine rings is 1. The van der Waals surface area contributed by atoms with Crippen molar-refractivity contribution in [3.05, 3.63) is 52.6 Å². The van der Waals surface area contributed by atoms with Gasteiger partial charge in [-0.1, -0.05) is 6.07 Å². The molecule has 0 fully saturated rings. The summed E-state index contributed by atoms with van der Waals surface area (Å²) in [5, 5.41) is 11.4. The van der Waals surface area contributed by atoms with Gasteiger partial charge in [-0.25, -0.2) is 9.59 Å². The van der Waals surface area contributed by atoms with Crippen LogP contribution in [0.25, 0.3) is 0 Å². The summed E-state index contributed by atoms with van der Waals surface area (Å²) in [7, 11) is 0.926. The summed E-state index contributed by atoms with van der Waals surface area (Å²) >= 11 is 0. The number of alkyl halides is 3. The van der Waals surface area contributed by atoms with E-state index in [2.05, 4.69) is 9.72 Å². The van der Waals surface area contributed by atoms with Gasteiger partial charge in [-0.2, -0.15) is 13.2 Å². The second kappa shape index (κ2) is 6.34. The van der Waals surface area contributed by atoms with E-state index in [-0.39, 0.29) is 16.8 Å². The number of carboxylic acids is 1. The van der Waals surface area contributed by atoms with E-state index < -0.39 is 35.3 Å². The summed E-state index contributed by atoms with van der Waals surface area (Å²) in [6.07, 6.45) is -2.30. The van der Waals surface area contributed by atoms with Crippen LogP contribution in [0.4, 0.5) is 13.2 Å². The summed E-state index contributed by atoms with van der Waals surface area (Å²) in [5.41, 5.74) is -2.61. The predicted octanol–water partition coefficient (Wildman–Crippen LogP) is 2.12. The van der Waals surface area contributed by atoms with Gasteiger partial charge in [0.05, 0.1) is 24.2 Å². The number of halogens is 3. The maximum absolute atomic E-state index is 13.4. The van der Waals surface area contributed by atoms with Gasteiger partial charge in [0.15, 0.2) is 0 Å². The number of aliphatic carboxylic acids is 1. The molecule has 1 aliphatic rings. The number of carbonyl (C=O) groups is 2. The van der Waals surface area contributed by atoms with Gasteiger partial charge in [-0.05, 0) is 18.6 Å². The first kappa shape index (κ1) is 17.5. The molecule has 0 radical (unpaired) electrons. The van der Waals surface area contributed by atoms with Crippen molar-refractivity contribution in [3.8, 4) is 0 Å². The highest BCUT2D eigenvalue weighted by molar-refractivity contribution is 5.99. The van der Waals surface area contributed by atoms with E-state index in [0.717, 1.165) is 7.11 Å². The third-order valence-electron chi connectivity index (χ3n) is 3.50. The van der Waals surface area contributed by atoms with Crippen molar-refractivity contribution in [3.63, 3.8) is 0 Å². The van der Waals surface area contributed by atoms with Crippen LogP contribution in [0, 0.1) is 0 Å². The molecule has 6 nitrogen and oxygen atoms in total. The number of nitrogens with one attached hydrogen (secondary N) is 1. The van der Waals surface area contributed by atoms with Gasteiger partial charge in [0.2, 0.25) is 0 Å². The fraction of sp³-hybridized carbons (Fsp3) is 0.267. The minimum atomic E-state index is -4.89. The number of dihydropyridines is 1. The molecular formula is C15H13F3N2O4. The smallest absolute Gasteiger partial charge is 0.431 e. The molecule has 2 rings (SSSR count). The zero-order valence-electron chi connectivity index (χ0n) is 12.6. The molecule has 2 N–H and O–H groups in total. The molecule has 0 bridgehead atoms. The minimum Gasteiger partial charge on any atom is -0.478 e. The highest BCUT2D eigenvalue weighted by Gasteiger charge is 2.47. The summed E-state index contributed by atoms with van der Waals surface area (Å²) in [4.78, 5) is 27.4. The fourth-order valence-corrected chi connectivity index (χ4v) is 2.54. The van der Waals surface area contributed by atoms with Crippen molar-refractivity contribution >= 4 is 11.9 Å². The molecule has 0 spiro atoms. The Hall–Kier alpha value is -2.84. The molecule has 24 heavy (non-hydrogen) atoms. The molecule has 1 aliphatic heterocycles. The molecule has 1 aromatic heterocycles. The number of esters is 1. The standard InChI is InChI=1S/C15H13F3N2O4/c1-7-9(13(21)22)10(8-4-3-5-19-6-8)11(14(23)24-2)12(20-7)15(16,17)18/h3-6,10,20H,1-2H3,(H,21,22). The topological polar surface area (TPSA) is 88.5 Å². The Morgan fingerprint density at radius 1 is 1.33 bits per heavy atom. The molecule has 0 amide bonds. The van der Waals surface area contributed by atoms with E-state index in [1.165, 1.54) is 31.5 Å². The Bertz CT molecular complexity index is 739. The van der Waals surface area contributed by atoms with E-state index in [1.807, 2.05) is 5.32 Å². The lowest BCUT2D eigenvalue weighted by Gasteiger charge is -2.31. The van der Waals surface area contributed by atoms with Crippen molar-refractivity contribution < 1.29 is 32.6 Å². The first-order valence-corrected chi connectivity index (χ1v) is 6.69. The number of hydrogen-bond acceptors (Lipinski definition) is 5. The molecule has 1 aromatic rings. The van der Waals surface area contributed by atoms with Crippen LogP contribution in [0.5, 0.6) is 0 Å². The maximum atomic E-state index is 13.4. The predicted molar refractivity (Wildman–Crippen MR) is 75.5 cm³/mol. The Balaban J connectivity index is 2.80. The Morgan fingerprint density at radius 2 is 2.00 bits per heavy atom. The van der Waals surface area contributed by atoms with E-state index >= 15 is 0 Å². The lowest BCUT2D eigenvalue weighted by molar-refractivity contribution is -0.138. The van der Waals surface area contributed by atoms with Crippen LogP contribution in [0.2, 0.25) is 0 Å². The quantitative estimate of drug-likeness (QED) is 0.818. The number of ether oxygens (including phenoxy) is 1. The molecule has 1 unspecified atom stereocenters. The first-order chi connectivity index (χ1) is 11.2. The largest absolute Gasteiger partial charge is 0.478 e. The lowest BCUT2D eigenvalue weighted by Crippen LogP contribution is -2.38. The average Bonchev–Trinajstić information content (AvgIpc) is 2.52. The summed E-state index contributed by atoms with van der Waals surface area (Å²) in [6, 6.07) is 2.84. The second-order valence-electron chi connectivity index (χ2n) is 4.97. The SMILES string of the molecule is COC(=O)C1=C(C(F)(F)F)NC(C)=C(C(=O)O)C1c1cccnc1. The van der Waals surface area contributed by atoms with Crippen molar-refractivity contribution in [1.29, 1.82) is 0 Å². The zero-order valence-corrected chi connectivity index (χ0v) is 12.6. The molecule has 128 valence electrons. The van der Waals surface area contributed by atoms with Crippen molar-refractivity contribution in [2.75, 3.05) is 7.11 Å². The van der Waals surface area contributed by atoms with E-state index in [9.17, 15) is 27.9 Å². The normalized spacial score (nSPS) is 18.3. The van der Waals surface area contributed by atoms with Gasteiger partial charge < -0.3 is 15.2 Å². The van der Waals surface area contributed by atoms with Crippen molar-refractivity contribution in [2.24, 2.45) is 0 Å².